The number of ether oxygens (including phenoxy) is 2. The fraction of sp³-hybridized carbons (Fsp3) is 0.308. The first-order valence-corrected chi connectivity index (χ1v) is 11.0. The van der Waals surface area contributed by atoms with E-state index >= 15 is 0 Å². The molecule has 0 aromatic heterocycles. The van der Waals surface area contributed by atoms with Crippen LogP contribution in [0.15, 0.2) is 78.9 Å². The molecule has 2 atom stereocenters. The van der Waals surface area contributed by atoms with Crippen LogP contribution in [0.25, 0.3) is 0 Å². The first-order valence-electron chi connectivity index (χ1n) is 11.0. The summed E-state index contributed by atoms with van der Waals surface area (Å²) in [6.07, 6.45) is -10.7. The minimum Gasteiger partial charge on any atom is -0.349 e. The SMILES string of the molecule is FC(F)(F)c1cc(CO[C@H]2OCCN(Cc3ccccc3)[C@H]2c2ccccc2)cc(C(F)(F)F)c1. The van der Waals surface area contributed by atoms with Gasteiger partial charge in [-0.15, -0.1) is 0 Å². The molecule has 3 aromatic carbocycles. The van der Waals surface area contributed by atoms with E-state index in [1.165, 1.54) is 0 Å². The van der Waals surface area contributed by atoms with E-state index in [1.54, 1.807) is 0 Å². The molecule has 186 valence electrons. The summed E-state index contributed by atoms with van der Waals surface area (Å²) in [5.41, 5.74) is -1.06. The third kappa shape index (κ3) is 6.42. The molecule has 0 N–H and O–H groups in total. The predicted octanol–water partition coefficient (Wildman–Crippen LogP) is 6.84. The Labute approximate surface area is 198 Å². The summed E-state index contributed by atoms with van der Waals surface area (Å²) in [4.78, 5) is 2.13. The van der Waals surface area contributed by atoms with Crippen molar-refractivity contribution in [2.75, 3.05) is 13.2 Å². The van der Waals surface area contributed by atoms with Crippen molar-refractivity contribution in [3.63, 3.8) is 0 Å². The van der Waals surface area contributed by atoms with Crippen LogP contribution < -0.4 is 0 Å². The maximum absolute atomic E-state index is 13.2. The number of alkyl halides is 6. The van der Waals surface area contributed by atoms with E-state index < -0.39 is 42.4 Å². The average molecular weight is 495 g/mol. The van der Waals surface area contributed by atoms with Crippen LogP contribution in [0.1, 0.15) is 33.9 Å². The molecule has 0 amide bonds. The highest BCUT2D eigenvalue weighted by atomic mass is 19.4. The second-order valence-corrected chi connectivity index (χ2v) is 8.28. The molecule has 35 heavy (non-hydrogen) atoms. The number of hydrogen-bond donors (Lipinski definition) is 0. The summed E-state index contributed by atoms with van der Waals surface area (Å²) in [6.45, 7) is 0.985. The summed E-state index contributed by atoms with van der Waals surface area (Å²) in [6, 6.07) is 20.1. The zero-order chi connectivity index (χ0) is 25.1. The molecular weight excluding hydrogens is 472 g/mol. The lowest BCUT2D eigenvalue weighted by atomic mass is 10.0. The van der Waals surface area contributed by atoms with Crippen molar-refractivity contribution in [2.45, 2.75) is 37.8 Å². The van der Waals surface area contributed by atoms with E-state index in [4.69, 9.17) is 9.47 Å². The third-order valence-corrected chi connectivity index (χ3v) is 5.74. The molecule has 0 saturated carbocycles. The quantitative estimate of drug-likeness (QED) is 0.350. The number of rotatable bonds is 6. The molecule has 1 fully saturated rings. The van der Waals surface area contributed by atoms with Gasteiger partial charge in [0.25, 0.3) is 0 Å². The second-order valence-electron chi connectivity index (χ2n) is 8.28. The molecule has 0 aliphatic carbocycles. The second kappa shape index (κ2) is 10.4. The highest BCUT2D eigenvalue weighted by Gasteiger charge is 2.38. The number of nitrogens with zero attached hydrogens (tertiary/aromatic N) is 1. The third-order valence-electron chi connectivity index (χ3n) is 5.74. The van der Waals surface area contributed by atoms with Gasteiger partial charge in [0, 0.05) is 13.1 Å². The van der Waals surface area contributed by atoms with Gasteiger partial charge in [0.1, 0.15) is 0 Å². The highest BCUT2D eigenvalue weighted by molar-refractivity contribution is 5.33. The summed E-state index contributed by atoms with van der Waals surface area (Å²) in [5.74, 6) is 0. The Balaban J connectivity index is 1.60. The van der Waals surface area contributed by atoms with Gasteiger partial charge >= 0.3 is 12.4 Å². The molecule has 0 unspecified atom stereocenters. The highest BCUT2D eigenvalue weighted by Crippen LogP contribution is 2.37. The first-order chi connectivity index (χ1) is 16.6. The Bertz CT molecular complexity index is 1070. The predicted molar refractivity (Wildman–Crippen MR) is 117 cm³/mol. The van der Waals surface area contributed by atoms with Gasteiger partial charge < -0.3 is 9.47 Å². The van der Waals surface area contributed by atoms with Gasteiger partial charge in [0.2, 0.25) is 0 Å². The molecular formula is C26H23F6NO2. The van der Waals surface area contributed by atoms with Crippen LogP contribution in [-0.4, -0.2) is 24.3 Å². The summed E-state index contributed by atoms with van der Waals surface area (Å²) < 4.78 is 91.1. The lowest BCUT2D eigenvalue weighted by molar-refractivity contribution is -0.218. The molecule has 1 aliphatic rings. The van der Waals surface area contributed by atoms with Crippen LogP contribution in [0, 0.1) is 0 Å². The van der Waals surface area contributed by atoms with Crippen LogP contribution in [0.5, 0.6) is 0 Å². The molecule has 3 aromatic rings. The lowest BCUT2D eigenvalue weighted by Crippen LogP contribution is -2.46. The van der Waals surface area contributed by atoms with Crippen molar-refractivity contribution in [1.29, 1.82) is 0 Å². The van der Waals surface area contributed by atoms with Crippen LogP contribution in [0.2, 0.25) is 0 Å². The smallest absolute Gasteiger partial charge is 0.349 e. The van der Waals surface area contributed by atoms with Gasteiger partial charge in [0.15, 0.2) is 6.29 Å². The van der Waals surface area contributed by atoms with E-state index in [-0.39, 0.29) is 11.6 Å². The van der Waals surface area contributed by atoms with Gasteiger partial charge in [0.05, 0.1) is 30.4 Å². The molecule has 4 rings (SSSR count). The van der Waals surface area contributed by atoms with E-state index in [1.807, 2.05) is 60.7 Å². The first kappa shape index (κ1) is 25.2. The Kier molecular flexibility index (Phi) is 7.49. The van der Waals surface area contributed by atoms with E-state index in [0.717, 1.165) is 11.1 Å². The van der Waals surface area contributed by atoms with Gasteiger partial charge in [-0.25, -0.2) is 0 Å². The molecule has 1 heterocycles. The Morgan fingerprint density at radius 1 is 0.771 bits per heavy atom. The van der Waals surface area contributed by atoms with Crippen molar-refractivity contribution in [3.05, 3.63) is 107 Å². The zero-order valence-electron chi connectivity index (χ0n) is 18.5. The zero-order valence-corrected chi connectivity index (χ0v) is 18.5. The van der Waals surface area contributed by atoms with Crippen molar-refractivity contribution >= 4 is 0 Å². The van der Waals surface area contributed by atoms with Crippen LogP contribution in [0.3, 0.4) is 0 Å². The maximum atomic E-state index is 13.2. The number of halogens is 6. The van der Waals surface area contributed by atoms with Crippen molar-refractivity contribution in [3.8, 4) is 0 Å². The number of hydrogen-bond acceptors (Lipinski definition) is 3. The van der Waals surface area contributed by atoms with Crippen LogP contribution in [0.4, 0.5) is 26.3 Å². The molecule has 9 heteroatoms. The van der Waals surface area contributed by atoms with Gasteiger partial charge in [-0.1, -0.05) is 60.7 Å². The molecule has 1 aliphatic heterocycles. The Morgan fingerprint density at radius 2 is 1.34 bits per heavy atom. The Hall–Kier alpha value is -2.88. The minimum atomic E-state index is -4.92. The molecule has 0 spiro atoms. The Morgan fingerprint density at radius 3 is 1.91 bits per heavy atom. The normalized spacial score (nSPS) is 19.6. The van der Waals surface area contributed by atoms with Crippen molar-refractivity contribution < 1.29 is 35.8 Å². The number of morpholine rings is 1. The van der Waals surface area contributed by atoms with E-state index in [2.05, 4.69) is 4.90 Å². The fourth-order valence-corrected chi connectivity index (χ4v) is 4.12. The molecule has 1 saturated heterocycles. The topological polar surface area (TPSA) is 21.7 Å². The molecule has 0 radical (unpaired) electrons. The summed E-state index contributed by atoms with van der Waals surface area (Å²) in [7, 11) is 0. The monoisotopic (exact) mass is 495 g/mol. The van der Waals surface area contributed by atoms with Gasteiger partial charge in [-0.3, -0.25) is 4.90 Å². The van der Waals surface area contributed by atoms with Crippen LogP contribution >= 0.6 is 0 Å². The summed E-state index contributed by atoms with van der Waals surface area (Å²) in [5, 5.41) is 0. The average Bonchev–Trinajstić information content (AvgIpc) is 2.83. The molecule has 3 nitrogen and oxygen atoms in total. The van der Waals surface area contributed by atoms with Gasteiger partial charge in [-0.05, 0) is 34.9 Å². The number of benzene rings is 3. The largest absolute Gasteiger partial charge is 0.416 e. The lowest BCUT2D eigenvalue weighted by Gasteiger charge is -2.41. The van der Waals surface area contributed by atoms with Gasteiger partial charge in [-0.2, -0.15) is 26.3 Å². The van der Waals surface area contributed by atoms with E-state index in [0.29, 0.717) is 31.8 Å². The minimum absolute atomic E-state index is 0.106. The van der Waals surface area contributed by atoms with Crippen molar-refractivity contribution in [2.24, 2.45) is 0 Å². The van der Waals surface area contributed by atoms with E-state index in [9.17, 15) is 26.3 Å². The maximum Gasteiger partial charge on any atom is 0.416 e. The molecule has 0 bridgehead atoms. The fourth-order valence-electron chi connectivity index (χ4n) is 4.12. The summed E-state index contributed by atoms with van der Waals surface area (Å²) >= 11 is 0. The van der Waals surface area contributed by atoms with Crippen molar-refractivity contribution in [1.82, 2.24) is 4.90 Å². The van der Waals surface area contributed by atoms with Crippen LogP contribution in [-0.2, 0) is 35.0 Å². The standard InChI is InChI=1S/C26H23F6NO2/c27-25(28,29)21-13-19(14-22(15-21)26(30,31)32)17-35-24-23(20-9-5-2-6-10-20)33(11-12-34-24)16-18-7-3-1-4-8-18/h1-10,13-15,23-24H,11-12,16-17H2/t23-,24+/m0/s1.